The molecule has 20 heavy (non-hydrogen) atoms. The number of ketones is 1. The molecule has 3 nitrogen and oxygen atoms in total. The summed E-state index contributed by atoms with van der Waals surface area (Å²) in [6.07, 6.45) is 6.13. The van der Waals surface area contributed by atoms with E-state index in [1.54, 1.807) is 6.92 Å². The fraction of sp³-hybridized carbons (Fsp3) is 0.412. The molecule has 1 unspecified atom stereocenters. The summed E-state index contributed by atoms with van der Waals surface area (Å²) in [5.41, 5.74) is 2.95. The summed E-state index contributed by atoms with van der Waals surface area (Å²) in [6, 6.07) is 7.80. The average molecular weight is 272 g/mol. The summed E-state index contributed by atoms with van der Waals surface area (Å²) in [7, 11) is 0. The first-order valence-corrected chi connectivity index (χ1v) is 7.12. The Kier molecular flexibility index (Phi) is 4.72. The highest BCUT2D eigenvalue weighted by Crippen LogP contribution is 2.22. The molecule has 1 aromatic rings. The number of aliphatic carboxylic acids is 1. The summed E-state index contributed by atoms with van der Waals surface area (Å²) in [4.78, 5) is 22.6. The van der Waals surface area contributed by atoms with Gasteiger partial charge in [-0.1, -0.05) is 31.2 Å². The van der Waals surface area contributed by atoms with Crippen molar-refractivity contribution in [3.63, 3.8) is 0 Å². The van der Waals surface area contributed by atoms with Gasteiger partial charge in [0.05, 0.1) is 5.92 Å². The number of hydrogen-bond acceptors (Lipinski definition) is 2. The van der Waals surface area contributed by atoms with Crippen LogP contribution < -0.4 is 0 Å². The van der Waals surface area contributed by atoms with Crippen LogP contribution in [0.1, 0.15) is 43.7 Å². The molecule has 0 heterocycles. The van der Waals surface area contributed by atoms with Crippen LogP contribution in [0.4, 0.5) is 0 Å². The van der Waals surface area contributed by atoms with E-state index < -0.39 is 5.97 Å². The van der Waals surface area contributed by atoms with Crippen molar-refractivity contribution in [1.29, 1.82) is 0 Å². The quantitative estimate of drug-likeness (QED) is 0.854. The highest BCUT2D eigenvalue weighted by molar-refractivity contribution is 6.00. The van der Waals surface area contributed by atoms with Crippen molar-refractivity contribution in [2.24, 2.45) is 5.92 Å². The van der Waals surface area contributed by atoms with Gasteiger partial charge in [0, 0.05) is 6.42 Å². The van der Waals surface area contributed by atoms with Crippen LogP contribution in [-0.2, 0) is 16.0 Å². The zero-order chi connectivity index (χ0) is 14.5. The van der Waals surface area contributed by atoms with Crippen LogP contribution in [0.15, 0.2) is 29.8 Å². The first-order valence-electron chi connectivity index (χ1n) is 7.12. The summed E-state index contributed by atoms with van der Waals surface area (Å²) in [5, 5.41) is 8.90. The molecule has 2 rings (SSSR count). The van der Waals surface area contributed by atoms with Gasteiger partial charge in [0.25, 0.3) is 0 Å². The number of allylic oxidation sites excluding steroid dienone is 1. The number of Topliss-reactive ketones (excluding diaryl/α,β-unsaturated/α-hetero) is 1. The molecule has 0 spiro atoms. The molecule has 0 saturated heterocycles. The SMILES string of the molecule is CC(Cc1ccc(C=C2CCCCC2=O)cc1)C(=O)O. The smallest absolute Gasteiger partial charge is 0.306 e. The third-order valence-corrected chi connectivity index (χ3v) is 3.74. The summed E-state index contributed by atoms with van der Waals surface area (Å²) >= 11 is 0. The van der Waals surface area contributed by atoms with Gasteiger partial charge in [0.2, 0.25) is 0 Å². The maximum absolute atomic E-state index is 11.8. The summed E-state index contributed by atoms with van der Waals surface area (Å²) in [5.74, 6) is -0.886. The largest absolute Gasteiger partial charge is 0.481 e. The third-order valence-electron chi connectivity index (χ3n) is 3.74. The maximum atomic E-state index is 11.8. The minimum absolute atomic E-state index is 0.264. The topological polar surface area (TPSA) is 54.4 Å². The molecule has 0 aliphatic heterocycles. The van der Waals surface area contributed by atoms with E-state index in [1.165, 1.54) is 0 Å². The molecule has 3 heteroatoms. The molecule has 1 aliphatic carbocycles. The third kappa shape index (κ3) is 3.80. The average Bonchev–Trinajstić information content (AvgIpc) is 2.43. The highest BCUT2D eigenvalue weighted by atomic mass is 16.4. The number of rotatable bonds is 4. The molecule has 1 aromatic carbocycles. The molecule has 0 radical (unpaired) electrons. The number of hydrogen-bond donors (Lipinski definition) is 1. The van der Waals surface area contributed by atoms with E-state index in [4.69, 9.17) is 5.11 Å². The van der Waals surface area contributed by atoms with Gasteiger partial charge >= 0.3 is 5.97 Å². The van der Waals surface area contributed by atoms with Gasteiger partial charge in [0.1, 0.15) is 0 Å². The molecule has 1 fully saturated rings. The lowest BCUT2D eigenvalue weighted by atomic mass is 9.92. The van der Waals surface area contributed by atoms with E-state index >= 15 is 0 Å². The molecule has 106 valence electrons. The predicted octanol–water partition coefficient (Wildman–Crippen LogP) is 3.48. The molecule has 1 saturated carbocycles. The number of carbonyl (C=O) groups excluding carboxylic acids is 1. The minimum atomic E-state index is -0.774. The van der Waals surface area contributed by atoms with Crippen molar-refractivity contribution in [2.45, 2.75) is 39.0 Å². The summed E-state index contributed by atoms with van der Waals surface area (Å²) < 4.78 is 0. The van der Waals surface area contributed by atoms with E-state index in [1.807, 2.05) is 30.3 Å². The van der Waals surface area contributed by atoms with E-state index in [9.17, 15) is 9.59 Å². The second kappa shape index (κ2) is 6.51. The van der Waals surface area contributed by atoms with Gasteiger partial charge in [-0.05, 0) is 48.5 Å². The Labute approximate surface area is 119 Å². The Morgan fingerprint density at radius 2 is 1.90 bits per heavy atom. The standard InChI is InChI=1S/C17H20O3/c1-12(17(19)20)10-13-6-8-14(9-7-13)11-15-4-2-3-5-16(15)18/h6-9,11-12H,2-5,10H2,1H3,(H,19,20). The van der Waals surface area contributed by atoms with Crippen LogP contribution in [-0.4, -0.2) is 16.9 Å². The van der Waals surface area contributed by atoms with Crippen LogP contribution in [0.3, 0.4) is 0 Å². The molecule has 0 aromatic heterocycles. The van der Waals surface area contributed by atoms with Crippen molar-refractivity contribution in [3.05, 3.63) is 41.0 Å². The fourth-order valence-corrected chi connectivity index (χ4v) is 2.45. The lowest BCUT2D eigenvalue weighted by Crippen LogP contribution is -2.12. The van der Waals surface area contributed by atoms with Gasteiger partial charge in [0.15, 0.2) is 5.78 Å². The van der Waals surface area contributed by atoms with Crippen molar-refractivity contribution in [2.75, 3.05) is 0 Å². The van der Waals surface area contributed by atoms with Crippen LogP contribution >= 0.6 is 0 Å². The second-order valence-corrected chi connectivity index (χ2v) is 5.48. The van der Waals surface area contributed by atoms with Crippen molar-refractivity contribution < 1.29 is 14.7 Å². The van der Waals surface area contributed by atoms with E-state index in [2.05, 4.69) is 0 Å². The summed E-state index contributed by atoms with van der Waals surface area (Å²) in [6.45, 7) is 1.71. The lowest BCUT2D eigenvalue weighted by Gasteiger charge is -2.12. The zero-order valence-corrected chi connectivity index (χ0v) is 11.8. The Morgan fingerprint density at radius 3 is 2.50 bits per heavy atom. The monoisotopic (exact) mass is 272 g/mol. The Hall–Kier alpha value is -1.90. The zero-order valence-electron chi connectivity index (χ0n) is 11.8. The number of benzene rings is 1. The first-order chi connectivity index (χ1) is 9.56. The molecule has 0 bridgehead atoms. The van der Waals surface area contributed by atoms with E-state index in [0.29, 0.717) is 12.8 Å². The van der Waals surface area contributed by atoms with Crippen LogP contribution in [0.2, 0.25) is 0 Å². The maximum Gasteiger partial charge on any atom is 0.306 e. The number of carboxylic acid groups (broad SMARTS) is 1. The molecular weight excluding hydrogens is 252 g/mol. The normalized spacial score (nSPS) is 19.1. The van der Waals surface area contributed by atoms with Gasteiger partial charge in [-0.25, -0.2) is 0 Å². The van der Waals surface area contributed by atoms with Gasteiger partial charge in [-0.3, -0.25) is 9.59 Å². The van der Waals surface area contributed by atoms with Crippen molar-refractivity contribution >= 4 is 17.8 Å². The molecule has 1 N–H and O–H groups in total. The molecule has 1 aliphatic rings. The Balaban J connectivity index is 2.06. The highest BCUT2D eigenvalue weighted by Gasteiger charge is 2.14. The lowest BCUT2D eigenvalue weighted by molar-refractivity contribution is -0.141. The Bertz CT molecular complexity index is 526. The van der Waals surface area contributed by atoms with Gasteiger partial charge < -0.3 is 5.11 Å². The number of carboxylic acids is 1. The van der Waals surface area contributed by atoms with Crippen LogP contribution in [0.25, 0.3) is 6.08 Å². The second-order valence-electron chi connectivity index (χ2n) is 5.48. The molecule has 1 atom stereocenters. The van der Waals surface area contributed by atoms with Gasteiger partial charge in [-0.15, -0.1) is 0 Å². The fourth-order valence-electron chi connectivity index (χ4n) is 2.45. The van der Waals surface area contributed by atoms with Crippen LogP contribution in [0.5, 0.6) is 0 Å². The van der Waals surface area contributed by atoms with Gasteiger partial charge in [-0.2, -0.15) is 0 Å². The molecular formula is C17H20O3. The van der Waals surface area contributed by atoms with Crippen molar-refractivity contribution in [1.82, 2.24) is 0 Å². The molecule has 0 amide bonds. The minimum Gasteiger partial charge on any atom is -0.481 e. The Morgan fingerprint density at radius 1 is 1.25 bits per heavy atom. The first kappa shape index (κ1) is 14.5. The van der Waals surface area contributed by atoms with E-state index in [0.717, 1.165) is 36.0 Å². The van der Waals surface area contributed by atoms with Crippen LogP contribution in [0, 0.1) is 5.92 Å². The number of carbonyl (C=O) groups is 2. The predicted molar refractivity (Wildman–Crippen MR) is 78.4 cm³/mol. The van der Waals surface area contributed by atoms with E-state index in [-0.39, 0.29) is 11.7 Å². The van der Waals surface area contributed by atoms with Crippen molar-refractivity contribution in [3.8, 4) is 0 Å².